The molecular formula is C24H24N4O7S. The van der Waals surface area contributed by atoms with Gasteiger partial charge in [0.05, 0.1) is 19.1 Å². The van der Waals surface area contributed by atoms with E-state index in [-0.39, 0.29) is 35.8 Å². The summed E-state index contributed by atoms with van der Waals surface area (Å²) in [5, 5.41) is 11.3. The number of furan rings is 1. The number of benzene rings is 2. The summed E-state index contributed by atoms with van der Waals surface area (Å²) in [7, 11) is -0.582. The quantitative estimate of drug-likeness (QED) is 0.394. The zero-order valence-corrected chi connectivity index (χ0v) is 20.4. The first-order valence-corrected chi connectivity index (χ1v) is 12.7. The molecule has 36 heavy (non-hydrogen) atoms. The van der Waals surface area contributed by atoms with Crippen molar-refractivity contribution in [2.24, 2.45) is 5.92 Å². The van der Waals surface area contributed by atoms with E-state index >= 15 is 0 Å². The predicted molar refractivity (Wildman–Crippen MR) is 129 cm³/mol. The van der Waals surface area contributed by atoms with Crippen LogP contribution in [0.4, 0.5) is 6.01 Å². The zero-order chi connectivity index (χ0) is 25.3. The number of anilines is 1. The lowest BCUT2D eigenvalue weighted by atomic mass is 9.97. The normalized spacial score (nSPS) is 15.2. The van der Waals surface area contributed by atoms with E-state index in [9.17, 15) is 13.2 Å². The third kappa shape index (κ3) is 4.52. The predicted octanol–water partition coefficient (Wildman–Crippen LogP) is 3.54. The van der Waals surface area contributed by atoms with Gasteiger partial charge in [0.1, 0.15) is 5.75 Å². The summed E-state index contributed by atoms with van der Waals surface area (Å²) in [4.78, 5) is 13.0. The van der Waals surface area contributed by atoms with Crippen molar-refractivity contribution >= 4 is 32.9 Å². The van der Waals surface area contributed by atoms with Crippen LogP contribution in [0.1, 0.15) is 12.8 Å². The minimum atomic E-state index is -3.65. The molecule has 1 fully saturated rings. The number of carbonyl (C=O) groups is 1. The summed E-state index contributed by atoms with van der Waals surface area (Å²) in [6.07, 6.45) is 0.733. The Kier molecular flexibility index (Phi) is 6.37. The first kappa shape index (κ1) is 23.8. The Hall–Kier alpha value is -3.90. The maximum Gasteiger partial charge on any atom is 0.322 e. The van der Waals surface area contributed by atoms with E-state index < -0.39 is 15.9 Å². The highest BCUT2D eigenvalue weighted by Crippen LogP contribution is 2.33. The van der Waals surface area contributed by atoms with Gasteiger partial charge >= 0.3 is 6.01 Å². The van der Waals surface area contributed by atoms with Gasteiger partial charge in [0.15, 0.2) is 17.1 Å². The van der Waals surface area contributed by atoms with Crippen LogP contribution in [0.25, 0.3) is 22.6 Å². The number of aromatic nitrogens is 2. The summed E-state index contributed by atoms with van der Waals surface area (Å²) in [5.74, 6) is 0.917. The van der Waals surface area contributed by atoms with E-state index in [1.165, 1.54) is 23.5 Å². The van der Waals surface area contributed by atoms with Gasteiger partial charge in [-0.1, -0.05) is 17.2 Å². The van der Waals surface area contributed by atoms with Gasteiger partial charge in [-0.2, -0.15) is 4.31 Å². The number of sulfonamides is 1. The minimum Gasteiger partial charge on any atom is -0.497 e. The van der Waals surface area contributed by atoms with Gasteiger partial charge in [-0.15, -0.1) is 5.10 Å². The monoisotopic (exact) mass is 512 g/mol. The molecule has 1 aliphatic heterocycles. The number of rotatable bonds is 7. The van der Waals surface area contributed by atoms with Crippen molar-refractivity contribution in [3.63, 3.8) is 0 Å². The molecule has 11 nitrogen and oxygen atoms in total. The number of hydrogen-bond acceptors (Lipinski definition) is 9. The third-order valence-electron chi connectivity index (χ3n) is 6.12. The van der Waals surface area contributed by atoms with E-state index in [1.807, 2.05) is 12.1 Å². The molecule has 0 unspecified atom stereocenters. The summed E-state index contributed by atoms with van der Waals surface area (Å²) < 4.78 is 49.0. The van der Waals surface area contributed by atoms with Crippen LogP contribution >= 0.6 is 0 Å². The van der Waals surface area contributed by atoms with Crippen molar-refractivity contribution in [2.45, 2.75) is 17.7 Å². The third-order valence-corrected chi connectivity index (χ3v) is 8.03. The Labute approximate surface area is 207 Å². The van der Waals surface area contributed by atoms with Crippen LogP contribution in [0.3, 0.4) is 0 Å². The van der Waals surface area contributed by atoms with Crippen LogP contribution in [0.15, 0.2) is 62.3 Å². The molecule has 1 amide bonds. The van der Waals surface area contributed by atoms with Crippen LogP contribution in [-0.4, -0.2) is 56.1 Å². The highest BCUT2D eigenvalue weighted by atomic mass is 32.2. The Morgan fingerprint density at radius 2 is 1.78 bits per heavy atom. The zero-order valence-electron chi connectivity index (χ0n) is 19.6. The molecule has 5 rings (SSSR count). The lowest BCUT2D eigenvalue weighted by Crippen LogP contribution is -2.41. The molecule has 0 spiro atoms. The number of fused-ring (bicyclic) bond motifs is 1. The summed E-state index contributed by atoms with van der Waals surface area (Å²) in [5.41, 5.74) is 0.551. The number of methoxy groups -OCH3 is 2. The van der Waals surface area contributed by atoms with E-state index in [0.29, 0.717) is 35.7 Å². The molecule has 3 heterocycles. The molecule has 2 aromatic carbocycles. The van der Waals surface area contributed by atoms with E-state index in [4.69, 9.17) is 18.3 Å². The Morgan fingerprint density at radius 1 is 1.03 bits per heavy atom. The van der Waals surface area contributed by atoms with Crippen molar-refractivity contribution in [3.05, 3.63) is 48.5 Å². The molecule has 1 aliphatic rings. The molecule has 1 saturated heterocycles. The number of ether oxygens (including phenoxy) is 2. The van der Waals surface area contributed by atoms with Gasteiger partial charge in [-0.25, -0.2) is 8.42 Å². The number of nitrogens with zero attached hydrogens (tertiary/aromatic N) is 3. The second-order valence-corrected chi connectivity index (χ2v) is 10.2. The Balaban J connectivity index is 1.21. The smallest absolute Gasteiger partial charge is 0.322 e. The number of piperidine rings is 1. The molecule has 0 radical (unpaired) electrons. The molecular weight excluding hydrogens is 488 g/mol. The number of hydrogen-bond donors (Lipinski definition) is 1. The highest BCUT2D eigenvalue weighted by Gasteiger charge is 2.32. The van der Waals surface area contributed by atoms with Crippen molar-refractivity contribution in [1.82, 2.24) is 14.5 Å². The van der Waals surface area contributed by atoms with Gasteiger partial charge in [0.25, 0.3) is 5.89 Å². The van der Waals surface area contributed by atoms with Gasteiger partial charge in [0.2, 0.25) is 15.9 Å². The van der Waals surface area contributed by atoms with Gasteiger partial charge in [0, 0.05) is 24.4 Å². The molecule has 0 saturated carbocycles. The van der Waals surface area contributed by atoms with Crippen LogP contribution in [0.5, 0.6) is 11.5 Å². The van der Waals surface area contributed by atoms with Crippen LogP contribution < -0.4 is 14.8 Å². The molecule has 2 aromatic heterocycles. The summed E-state index contributed by atoms with van der Waals surface area (Å²) >= 11 is 0. The standard InChI is InChI=1S/C24H24N4O7S/c1-32-17-6-8-18(9-7-17)36(30,31)28-12-10-15(11-13-28)22(29)25-24-27-26-23(35-24)20-14-16-4-3-5-19(33-2)21(16)34-20/h3-9,14-15H,10-13H2,1-2H3,(H,25,27,29). The van der Waals surface area contributed by atoms with Gasteiger partial charge < -0.3 is 18.3 Å². The van der Waals surface area contributed by atoms with E-state index in [2.05, 4.69) is 15.5 Å². The minimum absolute atomic E-state index is 0.0595. The fraction of sp³-hybridized carbons (Fsp3) is 0.292. The van der Waals surface area contributed by atoms with Crippen LogP contribution in [0.2, 0.25) is 0 Å². The Bertz CT molecular complexity index is 1490. The molecule has 4 aromatic rings. The Morgan fingerprint density at radius 3 is 2.47 bits per heavy atom. The second-order valence-electron chi connectivity index (χ2n) is 8.24. The molecule has 188 valence electrons. The lowest BCUT2D eigenvalue weighted by Gasteiger charge is -2.30. The summed E-state index contributed by atoms with van der Waals surface area (Å²) in [6.45, 7) is 0.449. The van der Waals surface area contributed by atoms with Gasteiger partial charge in [-0.05, 0) is 49.2 Å². The SMILES string of the molecule is COc1ccc(S(=O)(=O)N2CCC(C(=O)Nc3nnc(-c4cc5cccc(OC)c5o4)o3)CC2)cc1. The number of amides is 1. The maximum atomic E-state index is 12.9. The fourth-order valence-corrected chi connectivity index (χ4v) is 5.61. The maximum absolute atomic E-state index is 12.9. The van der Waals surface area contributed by atoms with Crippen molar-refractivity contribution in [2.75, 3.05) is 32.6 Å². The molecule has 0 aliphatic carbocycles. The molecule has 1 N–H and O–H groups in total. The first-order chi connectivity index (χ1) is 17.4. The summed E-state index contributed by atoms with van der Waals surface area (Å²) in [6, 6.07) is 13.4. The average molecular weight is 513 g/mol. The van der Waals surface area contributed by atoms with Gasteiger partial charge in [-0.3, -0.25) is 10.1 Å². The van der Waals surface area contributed by atoms with Crippen LogP contribution in [-0.2, 0) is 14.8 Å². The largest absolute Gasteiger partial charge is 0.497 e. The number of carbonyl (C=O) groups excluding carboxylic acids is 1. The van der Waals surface area contributed by atoms with E-state index in [0.717, 1.165) is 5.39 Å². The van der Waals surface area contributed by atoms with Crippen molar-refractivity contribution in [3.8, 4) is 23.1 Å². The lowest BCUT2D eigenvalue weighted by molar-refractivity contribution is -0.121. The molecule has 0 atom stereocenters. The number of para-hydroxylation sites is 1. The number of nitrogens with one attached hydrogen (secondary N) is 1. The first-order valence-electron chi connectivity index (χ1n) is 11.2. The van der Waals surface area contributed by atoms with Crippen LogP contribution in [0, 0.1) is 5.92 Å². The molecule has 0 bridgehead atoms. The van der Waals surface area contributed by atoms with Crippen molar-refractivity contribution in [1.29, 1.82) is 0 Å². The second kappa shape index (κ2) is 9.63. The highest BCUT2D eigenvalue weighted by molar-refractivity contribution is 7.89. The fourth-order valence-electron chi connectivity index (χ4n) is 4.14. The average Bonchev–Trinajstić information content (AvgIpc) is 3.55. The van der Waals surface area contributed by atoms with E-state index in [1.54, 1.807) is 31.4 Å². The van der Waals surface area contributed by atoms with Crippen molar-refractivity contribution < 1.29 is 31.5 Å². The topological polar surface area (TPSA) is 137 Å². The molecule has 12 heteroatoms.